The molecule has 0 aliphatic carbocycles. The van der Waals surface area contributed by atoms with E-state index in [0.29, 0.717) is 5.75 Å². The van der Waals surface area contributed by atoms with E-state index in [4.69, 9.17) is 4.74 Å². The van der Waals surface area contributed by atoms with Crippen molar-refractivity contribution < 1.29 is 9.53 Å². The second kappa shape index (κ2) is 4.68. The second-order valence-corrected chi connectivity index (χ2v) is 6.15. The minimum Gasteiger partial charge on any atom is -0.425 e. The smallest absolute Gasteiger partial charge is 0.308 e. The van der Waals surface area contributed by atoms with E-state index in [0.717, 1.165) is 16.2 Å². The summed E-state index contributed by atoms with van der Waals surface area (Å²) in [6, 6.07) is 22.9. The van der Waals surface area contributed by atoms with Crippen LogP contribution >= 0.6 is 0 Å². The summed E-state index contributed by atoms with van der Waals surface area (Å²) in [5, 5.41) is 9.07. The molecule has 0 amide bonds. The van der Waals surface area contributed by atoms with Crippen molar-refractivity contribution in [2.45, 2.75) is 6.92 Å². The number of carbonyl (C=O) groups excluding carboxylic acids is 1. The fraction of sp³-hybridized carbons (Fsp3) is 0.0455. The summed E-state index contributed by atoms with van der Waals surface area (Å²) in [4.78, 5) is 11.7. The number of esters is 1. The highest BCUT2D eigenvalue weighted by molar-refractivity contribution is 6.31. The summed E-state index contributed by atoms with van der Waals surface area (Å²) in [5.74, 6) is 0.360. The van der Waals surface area contributed by atoms with E-state index in [9.17, 15) is 4.79 Å². The molecule has 0 heterocycles. The highest BCUT2D eigenvalue weighted by atomic mass is 16.5. The van der Waals surface area contributed by atoms with E-state index in [1.165, 1.54) is 33.9 Å². The van der Waals surface area contributed by atoms with Crippen LogP contribution in [0.2, 0.25) is 0 Å². The predicted molar refractivity (Wildman–Crippen MR) is 99.0 cm³/mol. The topological polar surface area (TPSA) is 26.3 Å². The maximum atomic E-state index is 11.7. The Kier molecular flexibility index (Phi) is 2.60. The highest BCUT2D eigenvalue weighted by Gasteiger charge is 2.17. The molecule has 0 N–H and O–H groups in total. The van der Waals surface area contributed by atoms with Crippen molar-refractivity contribution in [1.29, 1.82) is 0 Å². The van der Waals surface area contributed by atoms with Gasteiger partial charge >= 0.3 is 5.97 Å². The van der Waals surface area contributed by atoms with Crippen molar-refractivity contribution in [3.63, 3.8) is 0 Å². The summed E-state index contributed by atoms with van der Waals surface area (Å²) in [6.07, 6.45) is 0. The summed E-state index contributed by atoms with van der Waals surface area (Å²) in [5.41, 5.74) is 0. The fourth-order valence-electron chi connectivity index (χ4n) is 3.81. The molecule has 0 saturated carbocycles. The Morgan fingerprint density at radius 2 is 1.33 bits per heavy atom. The van der Waals surface area contributed by atoms with Gasteiger partial charge in [-0.2, -0.15) is 0 Å². The molecule has 0 atom stereocenters. The Bertz CT molecular complexity index is 1240. The number of benzene rings is 5. The van der Waals surface area contributed by atoms with Gasteiger partial charge in [-0.1, -0.05) is 60.7 Å². The molecule has 0 spiro atoms. The molecule has 0 saturated heterocycles. The summed E-state index contributed by atoms with van der Waals surface area (Å²) >= 11 is 0. The first-order chi connectivity index (χ1) is 11.7. The average Bonchev–Trinajstić information content (AvgIpc) is 2.61. The number of fused-ring (bicyclic) bond motifs is 2. The zero-order chi connectivity index (χ0) is 16.3. The van der Waals surface area contributed by atoms with E-state index >= 15 is 0 Å². The summed E-state index contributed by atoms with van der Waals surface area (Å²) in [6.45, 7) is 1.45. The van der Waals surface area contributed by atoms with Crippen LogP contribution in [-0.2, 0) is 4.79 Å². The normalized spacial score (nSPS) is 11.7. The molecule has 2 nitrogen and oxygen atoms in total. The lowest BCUT2D eigenvalue weighted by molar-refractivity contribution is -0.131. The van der Waals surface area contributed by atoms with Crippen molar-refractivity contribution in [1.82, 2.24) is 0 Å². The molecule has 0 aliphatic rings. The largest absolute Gasteiger partial charge is 0.425 e. The van der Waals surface area contributed by atoms with Crippen molar-refractivity contribution in [2.24, 2.45) is 0 Å². The monoisotopic (exact) mass is 310 g/mol. The molecule has 0 aromatic heterocycles. The first kappa shape index (κ1) is 13.3. The fourth-order valence-corrected chi connectivity index (χ4v) is 3.81. The van der Waals surface area contributed by atoms with E-state index in [-0.39, 0.29) is 5.97 Å². The number of carbonyl (C=O) groups is 1. The number of hydrogen-bond donors (Lipinski definition) is 0. The molecular weight excluding hydrogens is 296 g/mol. The van der Waals surface area contributed by atoms with Gasteiger partial charge in [0.2, 0.25) is 0 Å². The van der Waals surface area contributed by atoms with Crippen molar-refractivity contribution in [3.8, 4) is 5.75 Å². The third-order valence-electron chi connectivity index (χ3n) is 4.73. The summed E-state index contributed by atoms with van der Waals surface area (Å²) in [7, 11) is 0. The van der Waals surface area contributed by atoms with E-state index in [1.54, 1.807) is 0 Å². The Labute approximate surface area is 138 Å². The van der Waals surface area contributed by atoms with Gasteiger partial charge in [-0.05, 0) is 33.0 Å². The van der Waals surface area contributed by atoms with Crippen molar-refractivity contribution in [3.05, 3.63) is 66.7 Å². The van der Waals surface area contributed by atoms with E-state index in [1.807, 2.05) is 18.2 Å². The highest BCUT2D eigenvalue weighted by Crippen LogP contribution is 2.44. The Morgan fingerprint density at radius 1 is 0.667 bits per heavy atom. The minimum absolute atomic E-state index is 0.296. The quantitative estimate of drug-likeness (QED) is 0.173. The molecular formula is C22H14O2. The molecule has 0 radical (unpaired) electrons. The van der Waals surface area contributed by atoms with Gasteiger partial charge in [0.1, 0.15) is 5.75 Å². The molecule has 5 aromatic carbocycles. The lowest BCUT2D eigenvalue weighted by Crippen LogP contribution is -2.03. The van der Waals surface area contributed by atoms with Crippen molar-refractivity contribution >= 4 is 49.1 Å². The molecule has 0 bridgehead atoms. The van der Waals surface area contributed by atoms with Gasteiger partial charge < -0.3 is 4.74 Å². The maximum absolute atomic E-state index is 11.7. The van der Waals surface area contributed by atoms with Crippen LogP contribution in [-0.4, -0.2) is 5.97 Å². The molecule has 0 unspecified atom stereocenters. The third kappa shape index (κ3) is 1.68. The van der Waals surface area contributed by atoms with Crippen LogP contribution in [0, 0.1) is 0 Å². The number of rotatable bonds is 1. The predicted octanol–water partition coefficient (Wildman–Crippen LogP) is 5.66. The average molecular weight is 310 g/mol. The molecule has 0 fully saturated rings. The van der Waals surface area contributed by atoms with Crippen LogP contribution in [0.15, 0.2) is 66.7 Å². The molecule has 2 heteroatoms. The van der Waals surface area contributed by atoms with E-state index < -0.39 is 0 Å². The van der Waals surface area contributed by atoms with Crippen LogP contribution in [0.5, 0.6) is 5.75 Å². The first-order valence-electron chi connectivity index (χ1n) is 8.01. The Hall–Kier alpha value is -3.13. The van der Waals surface area contributed by atoms with Crippen LogP contribution in [0.1, 0.15) is 6.92 Å². The van der Waals surface area contributed by atoms with Gasteiger partial charge in [0.25, 0.3) is 0 Å². The molecule has 24 heavy (non-hydrogen) atoms. The molecule has 5 rings (SSSR count). The third-order valence-corrected chi connectivity index (χ3v) is 4.73. The standard InChI is InChI=1S/C22H14O2/c1-13(23)24-22-18-8-3-2-7-16(18)17-11-9-14-5-4-6-15-10-12-19(22)21(17)20(14)15/h2-12H,1H3. The van der Waals surface area contributed by atoms with Crippen LogP contribution in [0.25, 0.3) is 43.1 Å². The second-order valence-electron chi connectivity index (χ2n) is 6.15. The Balaban J connectivity index is 2.14. The van der Waals surface area contributed by atoms with Gasteiger partial charge in [-0.25, -0.2) is 0 Å². The van der Waals surface area contributed by atoms with Gasteiger partial charge in [0.15, 0.2) is 0 Å². The van der Waals surface area contributed by atoms with Gasteiger partial charge in [-0.15, -0.1) is 0 Å². The SMILES string of the molecule is CC(=O)Oc1c2ccccc2c2ccc3cccc4ccc1c2c43. The van der Waals surface area contributed by atoms with Gasteiger partial charge in [0, 0.05) is 23.1 Å². The van der Waals surface area contributed by atoms with Crippen molar-refractivity contribution in [2.75, 3.05) is 0 Å². The minimum atomic E-state index is -0.296. The van der Waals surface area contributed by atoms with Crippen LogP contribution in [0.3, 0.4) is 0 Å². The maximum Gasteiger partial charge on any atom is 0.308 e. The van der Waals surface area contributed by atoms with Gasteiger partial charge in [-0.3, -0.25) is 4.79 Å². The van der Waals surface area contributed by atoms with Gasteiger partial charge in [0.05, 0.1) is 0 Å². The first-order valence-corrected chi connectivity index (χ1v) is 8.01. The summed E-state index contributed by atoms with van der Waals surface area (Å²) < 4.78 is 5.65. The number of hydrogen-bond acceptors (Lipinski definition) is 2. The van der Waals surface area contributed by atoms with E-state index in [2.05, 4.69) is 48.5 Å². The van der Waals surface area contributed by atoms with Crippen LogP contribution < -0.4 is 4.74 Å². The zero-order valence-electron chi connectivity index (χ0n) is 13.2. The lowest BCUT2D eigenvalue weighted by Gasteiger charge is -2.16. The Morgan fingerprint density at radius 3 is 2.04 bits per heavy atom. The molecule has 0 aliphatic heterocycles. The van der Waals surface area contributed by atoms with Crippen LogP contribution in [0.4, 0.5) is 0 Å². The molecule has 114 valence electrons. The lowest BCUT2D eigenvalue weighted by atomic mass is 9.90. The number of ether oxygens (including phenoxy) is 1. The zero-order valence-corrected chi connectivity index (χ0v) is 13.2. The molecule has 5 aromatic rings.